The van der Waals surface area contributed by atoms with Gasteiger partial charge in [0.2, 0.25) is 5.91 Å². The average molecular weight is 397 g/mol. The van der Waals surface area contributed by atoms with Crippen LogP contribution in [-0.2, 0) is 23.7 Å². The molecule has 2 heterocycles. The summed E-state index contributed by atoms with van der Waals surface area (Å²) in [5, 5.41) is 62.2. The Morgan fingerprint density at radius 3 is 2.22 bits per heavy atom. The van der Waals surface area contributed by atoms with E-state index >= 15 is 0 Å². The van der Waals surface area contributed by atoms with Crippen molar-refractivity contribution in [1.82, 2.24) is 5.32 Å². The van der Waals surface area contributed by atoms with Gasteiger partial charge < -0.3 is 54.9 Å². The number of hydrogen-bond donors (Lipinski definition) is 7. The first-order chi connectivity index (χ1) is 12.7. The number of carbonyl (C=O) groups excluding carboxylic acids is 1. The normalized spacial score (nSPS) is 45.5. The fourth-order valence-corrected chi connectivity index (χ4v) is 3.13. The summed E-state index contributed by atoms with van der Waals surface area (Å²) in [6.45, 7) is 0.417. The summed E-state index contributed by atoms with van der Waals surface area (Å²) in [4.78, 5) is 11.3. The number of aliphatic hydroxyl groups excluding tert-OH is 6. The number of ether oxygens (including phenoxy) is 4. The highest BCUT2D eigenvalue weighted by Crippen LogP contribution is 2.28. The van der Waals surface area contributed by atoms with Crippen LogP contribution in [0.2, 0.25) is 0 Å². The Balaban J connectivity index is 2.16. The van der Waals surface area contributed by atoms with Crippen molar-refractivity contribution in [3.8, 4) is 0 Å². The molecule has 0 saturated carbocycles. The zero-order chi connectivity index (χ0) is 20.3. The van der Waals surface area contributed by atoms with Gasteiger partial charge in [0.05, 0.1) is 13.2 Å². The molecule has 2 saturated heterocycles. The van der Waals surface area contributed by atoms with Crippen molar-refractivity contribution in [3.05, 3.63) is 0 Å². The number of carbonyl (C=O) groups is 1. The Morgan fingerprint density at radius 1 is 1.00 bits per heavy atom. The van der Waals surface area contributed by atoms with Crippen molar-refractivity contribution in [2.75, 3.05) is 20.3 Å². The lowest BCUT2D eigenvalue weighted by Gasteiger charge is -2.46. The molecule has 7 N–H and O–H groups in total. The second kappa shape index (κ2) is 9.52. The highest BCUT2D eigenvalue weighted by molar-refractivity contribution is 5.73. The van der Waals surface area contributed by atoms with Gasteiger partial charge in [-0.25, -0.2) is 0 Å². The molecule has 27 heavy (non-hydrogen) atoms. The number of amides is 1. The molecule has 2 aliphatic heterocycles. The molecule has 2 fully saturated rings. The largest absolute Gasteiger partial charge is 0.394 e. The maximum Gasteiger partial charge on any atom is 0.217 e. The Labute approximate surface area is 155 Å². The van der Waals surface area contributed by atoms with Crippen LogP contribution in [0.15, 0.2) is 0 Å². The van der Waals surface area contributed by atoms with Crippen LogP contribution in [0, 0.1) is 0 Å². The summed E-state index contributed by atoms with van der Waals surface area (Å²) in [6, 6.07) is -1.26. The minimum Gasteiger partial charge on any atom is -0.394 e. The number of aliphatic hydroxyl groups is 6. The first kappa shape index (κ1) is 22.4. The van der Waals surface area contributed by atoms with Gasteiger partial charge in [0.15, 0.2) is 12.6 Å². The summed E-state index contributed by atoms with van der Waals surface area (Å²) in [5.74, 6) is -0.546. The van der Waals surface area contributed by atoms with Gasteiger partial charge in [-0.1, -0.05) is 0 Å². The van der Waals surface area contributed by atoms with Crippen LogP contribution in [0.1, 0.15) is 6.92 Å². The third-order valence-corrected chi connectivity index (χ3v) is 4.53. The Bertz CT molecular complexity index is 494. The van der Waals surface area contributed by atoms with E-state index in [1.54, 1.807) is 0 Å². The molecule has 0 aromatic rings. The quantitative estimate of drug-likeness (QED) is 0.228. The van der Waals surface area contributed by atoms with Crippen molar-refractivity contribution in [2.24, 2.45) is 0 Å². The van der Waals surface area contributed by atoms with Crippen LogP contribution in [-0.4, -0.2) is 118 Å². The zero-order valence-electron chi connectivity index (χ0n) is 14.9. The van der Waals surface area contributed by atoms with Gasteiger partial charge >= 0.3 is 0 Å². The highest BCUT2D eigenvalue weighted by Gasteiger charge is 2.50. The average Bonchev–Trinajstić information content (AvgIpc) is 2.62. The van der Waals surface area contributed by atoms with Gasteiger partial charge in [-0.05, 0) is 0 Å². The molecule has 12 heteroatoms. The lowest BCUT2D eigenvalue weighted by atomic mass is 9.95. The lowest BCUT2D eigenvalue weighted by Crippen LogP contribution is -2.67. The molecule has 12 nitrogen and oxygen atoms in total. The molecule has 0 aliphatic carbocycles. The van der Waals surface area contributed by atoms with Crippen LogP contribution in [0.5, 0.6) is 0 Å². The second-order valence-corrected chi connectivity index (χ2v) is 6.54. The number of methoxy groups -OCH3 is 1. The molecular formula is C15H27NO11. The minimum absolute atomic E-state index is 0.106. The first-order valence-corrected chi connectivity index (χ1v) is 8.44. The minimum atomic E-state index is -1.68. The standard InChI is InChI=1S/C15H27NO11/c1-5(18)16-8-10(20)13(6(3-17)25-14(8)23)27-15-12(22)11(21)9(19)7(26-15)4-24-2/h6-15,17,19-23H,3-4H2,1-2H3,(H,16,18)/t6-,7-,8-,9+,10-,11+,12-,13-,14-,15+/m1/s1. The molecule has 0 aromatic heterocycles. The summed E-state index contributed by atoms with van der Waals surface area (Å²) >= 11 is 0. The van der Waals surface area contributed by atoms with E-state index in [1.807, 2.05) is 0 Å². The first-order valence-electron chi connectivity index (χ1n) is 8.44. The van der Waals surface area contributed by atoms with Gasteiger partial charge in [-0.15, -0.1) is 0 Å². The van der Waals surface area contributed by atoms with Crippen molar-refractivity contribution >= 4 is 5.91 Å². The van der Waals surface area contributed by atoms with E-state index in [1.165, 1.54) is 14.0 Å². The number of hydrogen-bond acceptors (Lipinski definition) is 11. The van der Waals surface area contributed by atoms with Crippen LogP contribution >= 0.6 is 0 Å². The molecule has 10 atom stereocenters. The summed E-state index contributed by atoms with van der Waals surface area (Å²) in [6.07, 6.45) is -12.9. The Morgan fingerprint density at radius 2 is 1.67 bits per heavy atom. The van der Waals surface area contributed by atoms with Crippen LogP contribution in [0.4, 0.5) is 0 Å². The smallest absolute Gasteiger partial charge is 0.217 e. The monoisotopic (exact) mass is 397 g/mol. The maximum absolute atomic E-state index is 11.3. The fourth-order valence-electron chi connectivity index (χ4n) is 3.13. The maximum atomic E-state index is 11.3. The third-order valence-electron chi connectivity index (χ3n) is 4.53. The van der Waals surface area contributed by atoms with Gasteiger partial charge in [-0.3, -0.25) is 4.79 Å². The predicted octanol–water partition coefficient (Wildman–Crippen LogP) is -4.60. The molecule has 2 rings (SSSR count). The number of rotatable bonds is 6. The third kappa shape index (κ3) is 4.92. The summed E-state index contributed by atoms with van der Waals surface area (Å²) in [5.41, 5.74) is 0. The molecule has 1 amide bonds. The SMILES string of the molecule is COC[C@H]1O[C@@H](O[C@H]2[C@H](O)[C@@H](NC(C)=O)[C@H](O)O[C@@H]2CO)[C@H](O)[C@@H](O)[C@H]1O. The Kier molecular flexibility index (Phi) is 7.88. The van der Waals surface area contributed by atoms with Gasteiger partial charge in [0.25, 0.3) is 0 Å². The van der Waals surface area contributed by atoms with E-state index in [0.717, 1.165) is 0 Å². The molecule has 0 bridgehead atoms. The lowest BCUT2D eigenvalue weighted by molar-refractivity contribution is -0.345. The molecule has 0 unspecified atom stereocenters. The number of nitrogens with one attached hydrogen (secondary N) is 1. The van der Waals surface area contributed by atoms with Gasteiger partial charge in [-0.2, -0.15) is 0 Å². The van der Waals surface area contributed by atoms with Crippen molar-refractivity contribution < 1.29 is 54.4 Å². The molecule has 0 aromatic carbocycles. The van der Waals surface area contributed by atoms with Crippen molar-refractivity contribution in [1.29, 1.82) is 0 Å². The van der Waals surface area contributed by atoms with E-state index < -0.39 is 73.9 Å². The van der Waals surface area contributed by atoms with Crippen LogP contribution in [0.25, 0.3) is 0 Å². The van der Waals surface area contributed by atoms with E-state index in [2.05, 4.69) is 5.32 Å². The second-order valence-electron chi connectivity index (χ2n) is 6.54. The van der Waals surface area contributed by atoms with Gasteiger partial charge in [0.1, 0.15) is 48.8 Å². The molecular weight excluding hydrogens is 370 g/mol. The molecule has 158 valence electrons. The van der Waals surface area contributed by atoms with Gasteiger partial charge in [0, 0.05) is 14.0 Å². The van der Waals surface area contributed by atoms with E-state index in [9.17, 15) is 35.4 Å². The van der Waals surface area contributed by atoms with E-state index in [-0.39, 0.29) is 6.61 Å². The van der Waals surface area contributed by atoms with Crippen molar-refractivity contribution in [3.63, 3.8) is 0 Å². The van der Waals surface area contributed by atoms with Crippen molar-refractivity contribution in [2.45, 2.75) is 68.3 Å². The molecule has 0 radical (unpaired) electrons. The summed E-state index contributed by atoms with van der Waals surface area (Å²) < 4.78 is 21.0. The topological polar surface area (TPSA) is 187 Å². The zero-order valence-corrected chi connectivity index (χ0v) is 14.9. The van der Waals surface area contributed by atoms with E-state index in [0.29, 0.717) is 0 Å². The van der Waals surface area contributed by atoms with Crippen LogP contribution in [0.3, 0.4) is 0 Å². The summed E-state index contributed by atoms with van der Waals surface area (Å²) in [7, 11) is 1.35. The van der Waals surface area contributed by atoms with Crippen LogP contribution < -0.4 is 5.32 Å². The molecule has 2 aliphatic rings. The Hall–Kier alpha value is -0.930. The predicted molar refractivity (Wildman–Crippen MR) is 85.0 cm³/mol. The highest BCUT2D eigenvalue weighted by atomic mass is 16.7. The van der Waals surface area contributed by atoms with E-state index in [4.69, 9.17) is 18.9 Å². The fraction of sp³-hybridized carbons (Fsp3) is 0.933. The molecule has 0 spiro atoms.